The lowest BCUT2D eigenvalue weighted by Gasteiger charge is -2.35. The number of nitrogens with one attached hydrogen (secondary N) is 2. The third-order valence-corrected chi connectivity index (χ3v) is 7.38. The smallest absolute Gasteiger partial charge is 0.241 e. The molecule has 0 radical (unpaired) electrons. The van der Waals surface area contributed by atoms with Crippen LogP contribution in [0.1, 0.15) is 44.7 Å². The highest BCUT2D eigenvalue weighted by Crippen LogP contribution is 2.29. The minimum absolute atomic E-state index is 0. The second kappa shape index (κ2) is 8.72. The lowest BCUT2D eigenvalue weighted by molar-refractivity contribution is -0.124. The van der Waals surface area contributed by atoms with E-state index in [0.29, 0.717) is 32.5 Å². The van der Waals surface area contributed by atoms with Crippen molar-refractivity contribution >= 4 is 28.2 Å². The Morgan fingerprint density at radius 2 is 1.73 bits per heavy atom. The first-order valence-electron chi connectivity index (χ1n) is 8.90. The Bertz CT molecular complexity index is 709. The van der Waals surface area contributed by atoms with Crippen molar-refractivity contribution in [3.8, 4) is 0 Å². The zero-order valence-corrected chi connectivity index (χ0v) is 17.7. The van der Waals surface area contributed by atoms with Gasteiger partial charge in [0.2, 0.25) is 5.91 Å². The fourth-order valence-corrected chi connectivity index (χ4v) is 4.71. The fourth-order valence-electron chi connectivity index (χ4n) is 3.35. The fraction of sp³-hybridized carbons (Fsp3) is 0.632. The highest BCUT2D eigenvalue weighted by Gasteiger charge is 2.48. The molecule has 1 fully saturated rings. The summed E-state index contributed by atoms with van der Waals surface area (Å²) in [7, 11) is -3.48. The maximum Gasteiger partial charge on any atom is 0.241 e. The Labute approximate surface area is 163 Å². The number of hydrogen-bond acceptors (Lipinski definition) is 4. The van der Waals surface area contributed by atoms with Crippen LogP contribution in [0.3, 0.4) is 0 Å². The second-order valence-electron chi connectivity index (χ2n) is 7.63. The molecule has 0 atom stereocenters. The van der Waals surface area contributed by atoms with Crippen molar-refractivity contribution in [1.82, 2.24) is 10.6 Å². The van der Waals surface area contributed by atoms with Gasteiger partial charge in [-0.3, -0.25) is 4.79 Å². The summed E-state index contributed by atoms with van der Waals surface area (Å²) < 4.78 is 23.3. The molecule has 1 heterocycles. The largest absolute Gasteiger partial charge is 0.354 e. The number of carbonyl (C=O) groups is 1. The first kappa shape index (κ1) is 22.9. The van der Waals surface area contributed by atoms with E-state index in [2.05, 4.69) is 55.7 Å². The van der Waals surface area contributed by atoms with E-state index in [1.807, 2.05) is 0 Å². The zero-order chi connectivity index (χ0) is 18.7. The lowest BCUT2D eigenvalue weighted by Crippen LogP contribution is -2.58. The first-order valence-corrected chi connectivity index (χ1v) is 10.8. The second-order valence-corrected chi connectivity index (χ2v) is 9.96. The van der Waals surface area contributed by atoms with Gasteiger partial charge in [0.15, 0.2) is 14.6 Å². The maximum atomic E-state index is 12.8. The lowest BCUT2D eigenvalue weighted by atomic mass is 9.83. The van der Waals surface area contributed by atoms with Gasteiger partial charge in [-0.15, -0.1) is 12.4 Å². The molecule has 5 nitrogen and oxygen atoms in total. The molecule has 0 unspecified atom stereocenters. The van der Waals surface area contributed by atoms with Gasteiger partial charge in [0.05, 0.1) is 0 Å². The molecule has 0 aromatic heterocycles. The third-order valence-electron chi connectivity index (χ3n) is 5.37. The van der Waals surface area contributed by atoms with E-state index in [1.54, 1.807) is 0 Å². The summed E-state index contributed by atoms with van der Waals surface area (Å²) >= 11 is 0. The van der Waals surface area contributed by atoms with E-state index >= 15 is 0 Å². The van der Waals surface area contributed by atoms with E-state index in [4.69, 9.17) is 0 Å². The van der Waals surface area contributed by atoms with Crippen molar-refractivity contribution in [3.05, 3.63) is 35.4 Å². The minimum Gasteiger partial charge on any atom is -0.354 e. The Morgan fingerprint density at radius 3 is 2.19 bits per heavy atom. The summed E-state index contributed by atoms with van der Waals surface area (Å²) in [5, 5.41) is 6.05. The molecular weight excluding hydrogens is 372 g/mol. The van der Waals surface area contributed by atoms with Crippen LogP contribution in [-0.4, -0.2) is 45.0 Å². The van der Waals surface area contributed by atoms with Gasteiger partial charge in [0, 0.05) is 18.2 Å². The molecule has 2 rings (SSSR count). The number of piperidine rings is 1. The summed E-state index contributed by atoms with van der Waals surface area (Å²) in [5.41, 5.74) is 2.13. The number of aryl methyl sites for hydroxylation is 1. The van der Waals surface area contributed by atoms with E-state index in [9.17, 15) is 13.2 Å². The molecule has 148 valence electrons. The number of benzene rings is 1. The summed E-state index contributed by atoms with van der Waals surface area (Å²) in [4.78, 5) is 12.8. The van der Waals surface area contributed by atoms with Crippen molar-refractivity contribution in [1.29, 1.82) is 0 Å². The van der Waals surface area contributed by atoms with Crippen LogP contribution in [0.2, 0.25) is 0 Å². The van der Waals surface area contributed by atoms with Gasteiger partial charge in [-0.25, -0.2) is 8.42 Å². The van der Waals surface area contributed by atoms with Gasteiger partial charge >= 0.3 is 0 Å². The van der Waals surface area contributed by atoms with Crippen molar-refractivity contribution < 1.29 is 13.2 Å². The van der Waals surface area contributed by atoms with Crippen LogP contribution in [-0.2, 0) is 26.5 Å². The number of sulfone groups is 1. The highest BCUT2D eigenvalue weighted by atomic mass is 35.5. The number of amides is 1. The van der Waals surface area contributed by atoms with Crippen molar-refractivity contribution in [2.45, 2.75) is 50.2 Å². The van der Waals surface area contributed by atoms with Crippen LogP contribution in [0, 0.1) is 0 Å². The van der Waals surface area contributed by atoms with Crippen LogP contribution in [0.25, 0.3) is 0 Å². The topological polar surface area (TPSA) is 75.3 Å². The highest BCUT2D eigenvalue weighted by molar-refractivity contribution is 7.92. The normalized spacial score (nSPS) is 17.2. The molecule has 1 aliphatic rings. The Morgan fingerprint density at radius 1 is 1.19 bits per heavy atom. The van der Waals surface area contributed by atoms with Gasteiger partial charge in [-0.1, -0.05) is 45.0 Å². The minimum atomic E-state index is -3.48. The van der Waals surface area contributed by atoms with E-state index in [-0.39, 0.29) is 23.7 Å². The van der Waals surface area contributed by atoms with Crippen LogP contribution in [0.15, 0.2) is 24.3 Å². The zero-order valence-electron chi connectivity index (χ0n) is 16.1. The SMILES string of the molecule is CCc1ccc(C(C)(C)CNC(=O)C2(S(C)(=O)=O)CCNCC2)cc1.Cl. The van der Waals surface area contributed by atoms with Gasteiger partial charge < -0.3 is 10.6 Å². The molecule has 0 aliphatic carbocycles. The molecule has 0 bridgehead atoms. The average Bonchev–Trinajstić information content (AvgIpc) is 2.59. The van der Waals surface area contributed by atoms with Crippen molar-refractivity contribution in [2.24, 2.45) is 0 Å². The monoisotopic (exact) mass is 402 g/mol. The van der Waals surface area contributed by atoms with Crippen LogP contribution < -0.4 is 10.6 Å². The maximum absolute atomic E-state index is 12.8. The predicted octanol–water partition coefficient (Wildman–Crippen LogP) is 2.23. The summed E-state index contributed by atoms with van der Waals surface area (Å²) in [6.07, 6.45) is 2.81. The third kappa shape index (κ3) is 4.78. The van der Waals surface area contributed by atoms with Gasteiger partial charge in [-0.05, 0) is 43.5 Å². The number of rotatable bonds is 6. The molecule has 1 aromatic carbocycles. The predicted molar refractivity (Wildman–Crippen MR) is 109 cm³/mol. The molecule has 26 heavy (non-hydrogen) atoms. The molecule has 2 N–H and O–H groups in total. The number of halogens is 1. The van der Waals surface area contributed by atoms with E-state index in [1.165, 1.54) is 11.8 Å². The molecular formula is C19H31ClN2O3S. The van der Waals surface area contributed by atoms with Crippen LogP contribution in [0.5, 0.6) is 0 Å². The van der Waals surface area contributed by atoms with Crippen LogP contribution >= 0.6 is 12.4 Å². The molecule has 1 aliphatic heterocycles. The van der Waals surface area contributed by atoms with E-state index in [0.717, 1.165) is 12.0 Å². The van der Waals surface area contributed by atoms with Crippen molar-refractivity contribution in [3.63, 3.8) is 0 Å². The Hall–Kier alpha value is -1.11. The average molecular weight is 403 g/mol. The molecule has 1 saturated heterocycles. The molecule has 0 saturated carbocycles. The summed E-state index contributed by atoms with van der Waals surface area (Å²) in [6, 6.07) is 8.37. The van der Waals surface area contributed by atoms with Gasteiger partial charge in [0.1, 0.15) is 0 Å². The molecule has 0 spiro atoms. The summed E-state index contributed by atoms with van der Waals surface area (Å²) in [5.74, 6) is -0.366. The number of carbonyl (C=O) groups excluding carboxylic acids is 1. The standard InChI is InChI=1S/C19H30N2O3S.ClH/c1-5-15-6-8-16(9-7-15)18(2,3)14-21-17(22)19(25(4,23)24)10-12-20-13-11-19;/h6-9,20H,5,10-14H2,1-4H3,(H,21,22);1H. The van der Waals surface area contributed by atoms with E-state index < -0.39 is 14.6 Å². The van der Waals surface area contributed by atoms with Crippen molar-refractivity contribution in [2.75, 3.05) is 25.9 Å². The Kier molecular flexibility index (Phi) is 7.69. The quantitative estimate of drug-likeness (QED) is 0.765. The Balaban J connectivity index is 0.00000338. The molecule has 1 aromatic rings. The first-order chi connectivity index (χ1) is 11.6. The van der Waals surface area contributed by atoms with Gasteiger partial charge in [0.25, 0.3) is 0 Å². The summed E-state index contributed by atoms with van der Waals surface area (Å²) in [6.45, 7) is 7.73. The van der Waals surface area contributed by atoms with Crippen LogP contribution in [0.4, 0.5) is 0 Å². The molecule has 1 amide bonds. The molecule has 7 heteroatoms. The van der Waals surface area contributed by atoms with Gasteiger partial charge in [-0.2, -0.15) is 0 Å². The number of hydrogen-bond donors (Lipinski definition) is 2.